The number of amides is 3. The van der Waals surface area contributed by atoms with Gasteiger partial charge < -0.3 is 10.1 Å². The van der Waals surface area contributed by atoms with Gasteiger partial charge in [-0.25, -0.2) is 4.79 Å². The number of ether oxygens (including phenoxy) is 1. The summed E-state index contributed by atoms with van der Waals surface area (Å²) in [5.74, 6) is -0.503. The van der Waals surface area contributed by atoms with E-state index in [9.17, 15) is 14.4 Å². The molecule has 2 rings (SSSR count). The molecule has 0 spiro atoms. The van der Waals surface area contributed by atoms with Gasteiger partial charge in [-0.15, -0.1) is 0 Å². The first-order valence-electron chi connectivity index (χ1n) is 8.36. The summed E-state index contributed by atoms with van der Waals surface area (Å²) in [7, 11) is 0. The highest BCUT2D eigenvalue weighted by molar-refractivity contribution is 6.21. The van der Waals surface area contributed by atoms with E-state index in [4.69, 9.17) is 4.74 Å². The van der Waals surface area contributed by atoms with Crippen molar-refractivity contribution in [2.24, 2.45) is 5.92 Å². The van der Waals surface area contributed by atoms with Crippen molar-refractivity contribution in [2.75, 3.05) is 6.54 Å². The number of rotatable bonds is 5. The molecular weight excluding hydrogens is 320 g/mol. The lowest BCUT2D eigenvalue weighted by molar-refractivity contribution is 0.0460. The standard InChI is InChI=1S/C19H24N2O4/c1-12(2)10-13(20-18(24)25-19(3,4)5)11-21-16(22)14-8-6-7-9-15(14)17(21)23/h6,8,12-13H,10-11H2,1-5H3,(H,20,24)/t13-/m1/s1. The lowest BCUT2D eigenvalue weighted by Gasteiger charge is -2.27. The molecule has 0 bridgehead atoms. The molecule has 25 heavy (non-hydrogen) atoms. The van der Waals surface area contributed by atoms with Gasteiger partial charge in [0.05, 0.1) is 11.6 Å². The quantitative estimate of drug-likeness (QED) is 0.834. The second kappa shape index (κ2) is 7.14. The Labute approximate surface area is 148 Å². The number of hydrogen-bond donors (Lipinski definition) is 1. The van der Waals surface area contributed by atoms with Crippen LogP contribution < -0.4 is 5.32 Å². The van der Waals surface area contributed by atoms with Gasteiger partial charge >= 0.3 is 6.09 Å². The Hall–Kier alpha value is -2.55. The summed E-state index contributed by atoms with van der Waals surface area (Å²) < 4.78 is 5.28. The maximum absolute atomic E-state index is 12.5. The first-order chi connectivity index (χ1) is 11.6. The van der Waals surface area contributed by atoms with E-state index in [1.165, 1.54) is 0 Å². The molecule has 1 aliphatic rings. The Kier molecular flexibility index (Phi) is 5.36. The predicted octanol–water partition coefficient (Wildman–Crippen LogP) is 2.82. The zero-order valence-corrected chi connectivity index (χ0v) is 15.3. The highest BCUT2D eigenvalue weighted by atomic mass is 16.6. The molecule has 134 valence electrons. The monoisotopic (exact) mass is 344 g/mol. The third-order valence-electron chi connectivity index (χ3n) is 3.61. The predicted molar refractivity (Wildman–Crippen MR) is 92.1 cm³/mol. The molecule has 0 saturated carbocycles. The minimum Gasteiger partial charge on any atom is -0.444 e. The molecule has 3 amide bonds. The average Bonchev–Trinajstić information content (AvgIpc) is 2.70. The molecule has 0 aromatic heterocycles. The lowest BCUT2D eigenvalue weighted by atomic mass is 10.0. The van der Waals surface area contributed by atoms with Crippen LogP contribution in [0.25, 0.3) is 0 Å². The lowest BCUT2D eigenvalue weighted by Crippen LogP contribution is -2.47. The van der Waals surface area contributed by atoms with E-state index >= 15 is 0 Å². The van der Waals surface area contributed by atoms with E-state index in [-0.39, 0.29) is 30.0 Å². The van der Waals surface area contributed by atoms with Crippen molar-refractivity contribution in [1.82, 2.24) is 10.2 Å². The van der Waals surface area contributed by atoms with Gasteiger partial charge in [-0.05, 0) is 45.2 Å². The van der Waals surface area contributed by atoms with Crippen LogP contribution in [0.15, 0.2) is 12.1 Å². The Morgan fingerprint density at radius 3 is 2.52 bits per heavy atom. The number of nitrogens with one attached hydrogen (secondary N) is 1. The zero-order chi connectivity index (χ0) is 18.8. The van der Waals surface area contributed by atoms with Crippen LogP contribution in [0.5, 0.6) is 0 Å². The second-order valence-electron chi connectivity index (χ2n) is 7.58. The van der Waals surface area contributed by atoms with E-state index in [1.807, 2.05) is 13.8 Å². The fourth-order valence-electron chi connectivity index (χ4n) is 2.72. The van der Waals surface area contributed by atoms with Crippen molar-refractivity contribution in [3.8, 4) is 0 Å². The number of carbonyl (C=O) groups excluding carboxylic acids is 3. The fraction of sp³-hybridized carbons (Fsp3) is 0.526. The van der Waals surface area contributed by atoms with Crippen molar-refractivity contribution in [3.63, 3.8) is 0 Å². The van der Waals surface area contributed by atoms with Crippen molar-refractivity contribution in [3.05, 3.63) is 35.4 Å². The number of fused-ring (bicyclic) bond motifs is 1. The van der Waals surface area contributed by atoms with E-state index in [2.05, 4.69) is 17.4 Å². The molecular formula is C19H24N2O4. The summed E-state index contributed by atoms with van der Waals surface area (Å²) in [5.41, 5.74) is -0.0651. The third kappa shape index (κ3) is 4.72. The second-order valence-corrected chi connectivity index (χ2v) is 7.58. The smallest absolute Gasteiger partial charge is 0.407 e. The molecule has 6 heteroatoms. The van der Waals surface area contributed by atoms with Gasteiger partial charge in [0.2, 0.25) is 0 Å². The fourth-order valence-corrected chi connectivity index (χ4v) is 2.72. The SMILES string of the molecule is CC(C)C[C@H](CN1C(=O)c2c#cccc2C1=O)NC(=O)OC(C)(C)C. The first kappa shape index (κ1) is 18.8. The van der Waals surface area contributed by atoms with E-state index in [0.717, 1.165) is 4.90 Å². The summed E-state index contributed by atoms with van der Waals surface area (Å²) in [6.45, 7) is 9.45. The number of nitrogens with zero attached hydrogens (tertiary/aromatic N) is 1. The Bertz CT molecular complexity index is 641. The maximum Gasteiger partial charge on any atom is 0.407 e. The minimum atomic E-state index is -0.618. The number of alkyl carbamates (subject to hydrolysis) is 1. The van der Waals surface area contributed by atoms with Crippen LogP contribution in [-0.2, 0) is 4.74 Å². The van der Waals surface area contributed by atoms with Crippen LogP contribution in [0.1, 0.15) is 61.8 Å². The molecule has 1 heterocycles. The summed E-state index contributed by atoms with van der Waals surface area (Å²) in [6, 6.07) is 8.12. The van der Waals surface area contributed by atoms with Gasteiger partial charge in [0.15, 0.2) is 0 Å². The van der Waals surface area contributed by atoms with Gasteiger partial charge in [0, 0.05) is 6.54 Å². The number of carbonyl (C=O) groups is 3. The molecule has 1 atom stereocenters. The summed E-state index contributed by atoms with van der Waals surface area (Å²) in [6.07, 6.45) is 0.0531. The normalized spacial score (nSPS) is 15.0. The van der Waals surface area contributed by atoms with Crippen molar-refractivity contribution >= 4 is 17.9 Å². The average molecular weight is 344 g/mol. The van der Waals surface area contributed by atoms with Crippen molar-refractivity contribution in [1.29, 1.82) is 0 Å². The minimum absolute atomic E-state index is 0.0949. The highest BCUT2D eigenvalue weighted by Gasteiger charge is 2.37. The topological polar surface area (TPSA) is 75.7 Å². The first-order valence-corrected chi connectivity index (χ1v) is 8.36. The molecule has 0 saturated heterocycles. The molecule has 1 aromatic rings. The molecule has 0 unspecified atom stereocenters. The molecule has 0 fully saturated rings. The molecule has 1 aliphatic heterocycles. The molecule has 1 N–H and O–H groups in total. The highest BCUT2D eigenvalue weighted by Crippen LogP contribution is 2.22. The molecule has 1 aromatic carbocycles. The maximum atomic E-state index is 12.5. The van der Waals surface area contributed by atoms with Gasteiger partial charge in [-0.3, -0.25) is 14.5 Å². The summed E-state index contributed by atoms with van der Waals surface area (Å²) in [4.78, 5) is 38.1. The third-order valence-corrected chi connectivity index (χ3v) is 3.61. The van der Waals surface area contributed by atoms with Gasteiger partial charge in [-0.1, -0.05) is 26.0 Å². The number of hydrogen-bond acceptors (Lipinski definition) is 4. The Morgan fingerprint density at radius 2 is 1.96 bits per heavy atom. The van der Waals surface area contributed by atoms with E-state index in [1.54, 1.807) is 32.9 Å². The van der Waals surface area contributed by atoms with Crippen LogP contribution >= 0.6 is 0 Å². The Balaban J connectivity index is 2.11. The van der Waals surface area contributed by atoms with E-state index in [0.29, 0.717) is 12.0 Å². The van der Waals surface area contributed by atoms with Crippen LogP contribution in [-0.4, -0.2) is 41.0 Å². The van der Waals surface area contributed by atoms with Crippen molar-refractivity contribution < 1.29 is 19.1 Å². The molecule has 0 aliphatic carbocycles. The van der Waals surface area contributed by atoms with E-state index < -0.39 is 17.6 Å². The van der Waals surface area contributed by atoms with Gasteiger partial charge in [-0.2, -0.15) is 0 Å². The summed E-state index contributed by atoms with van der Waals surface area (Å²) >= 11 is 0. The number of imide groups is 1. The van der Waals surface area contributed by atoms with Crippen LogP contribution in [0.2, 0.25) is 0 Å². The zero-order valence-electron chi connectivity index (χ0n) is 15.3. The van der Waals surface area contributed by atoms with Gasteiger partial charge in [0.1, 0.15) is 11.2 Å². The molecule has 0 radical (unpaired) electrons. The summed E-state index contributed by atoms with van der Waals surface area (Å²) in [5, 5.41) is 2.77. The van der Waals surface area contributed by atoms with Gasteiger partial charge in [0.25, 0.3) is 11.8 Å². The van der Waals surface area contributed by atoms with Crippen molar-refractivity contribution in [2.45, 2.75) is 52.7 Å². The largest absolute Gasteiger partial charge is 0.444 e. The molecule has 6 nitrogen and oxygen atoms in total. The van der Waals surface area contributed by atoms with Crippen LogP contribution in [0, 0.1) is 18.1 Å². The Morgan fingerprint density at radius 1 is 1.28 bits per heavy atom. The van der Waals surface area contributed by atoms with Crippen LogP contribution in [0.3, 0.4) is 0 Å². The van der Waals surface area contributed by atoms with Crippen LogP contribution in [0.4, 0.5) is 4.79 Å².